The van der Waals surface area contributed by atoms with Crippen LogP contribution in [-0.4, -0.2) is 42.0 Å². The van der Waals surface area contributed by atoms with Gasteiger partial charge in [-0.05, 0) is 49.9 Å². The summed E-state index contributed by atoms with van der Waals surface area (Å²) < 4.78 is 0.803. The summed E-state index contributed by atoms with van der Waals surface area (Å²) in [5, 5.41) is 2.91. The number of hydrogen-bond acceptors (Lipinski definition) is 3. The maximum Gasteiger partial charge on any atom is 0.252 e. The predicted octanol–water partition coefficient (Wildman–Crippen LogP) is 1.91. The van der Waals surface area contributed by atoms with Crippen LogP contribution in [0.5, 0.6) is 0 Å². The van der Waals surface area contributed by atoms with Crippen molar-refractivity contribution < 1.29 is 4.79 Å². The molecule has 0 radical (unpaired) electrons. The van der Waals surface area contributed by atoms with Crippen molar-refractivity contribution in [2.75, 3.05) is 20.6 Å². The molecule has 1 rings (SSSR count). The highest BCUT2D eigenvalue weighted by molar-refractivity contribution is 9.10. The first-order chi connectivity index (χ1) is 7.83. The molecular weight excluding hydrogens is 282 g/mol. The van der Waals surface area contributed by atoms with Crippen molar-refractivity contribution in [2.45, 2.75) is 19.4 Å². The van der Waals surface area contributed by atoms with E-state index in [2.05, 4.69) is 45.0 Å². The lowest BCUT2D eigenvalue weighted by atomic mass is 10.0. The zero-order chi connectivity index (χ0) is 13.1. The maximum atomic E-state index is 11.9. The summed E-state index contributed by atoms with van der Waals surface area (Å²) in [6.07, 6.45) is 3.21. The molecule has 94 valence electrons. The molecule has 1 amide bonds. The van der Waals surface area contributed by atoms with Crippen LogP contribution in [0.25, 0.3) is 0 Å². The third-order valence-corrected chi connectivity index (χ3v) is 3.29. The van der Waals surface area contributed by atoms with Crippen molar-refractivity contribution >= 4 is 21.8 Å². The second-order valence-corrected chi connectivity index (χ2v) is 5.70. The monoisotopic (exact) mass is 299 g/mol. The largest absolute Gasteiger partial charge is 0.350 e. The second kappa shape index (κ2) is 5.60. The van der Waals surface area contributed by atoms with Crippen LogP contribution in [0.4, 0.5) is 0 Å². The molecule has 1 aromatic rings. The molecule has 4 nitrogen and oxygen atoms in total. The van der Waals surface area contributed by atoms with Crippen LogP contribution in [0.2, 0.25) is 0 Å². The molecule has 0 bridgehead atoms. The lowest BCUT2D eigenvalue weighted by Crippen LogP contribution is -2.48. The van der Waals surface area contributed by atoms with Crippen LogP contribution in [0.15, 0.2) is 22.9 Å². The van der Waals surface area contributed by atoms with Gasteiger partial charge in [0.25, 0.3) is 5.91 Å². The van der Waals surface area contributed by atoms with E-state index in [1.54, 1.807) is 18.5 Å². The van der Waals surface area contributed by atoms with E-state index in [0.717, 1.165) is 4.47 Å². The summed E-state index contributed by atoms with van der Waals surface area (Å²) in [5.74, 6) is -0.103. The van der Waals surface area contributed by atoms with Crippen LogP contribution in [0.3, 0.4) is 0 Å². The Bertz CT molecular complexity index is 404. The van der Waals surface area contributed by atoms with Gasteiger partial charge in [-0.3, -0.25) is 9.78 Å². The number of likely N-dealkylation sites (N-methyl/N-ethyl adjacent to an activating group) is 1. The van der Waals surface area contributed by atoms with E-state index < -0.39 is 0 Å². The minimum atomic E-state index is -0.103. The smallest absolute Gasteiger partial charge is 0.252 e. The molecular formula is C12H18BrN3O. The first kappa shape index (κ1) is 14.1. The molecule has 5 heteroatoms. The van der Waals surface area contributed by atoms with Gasteiger partial charge in [0.2, 0.25) is 0 Å². The van der Waals surface area contributed by atoms with Crippen molar-refractivity contribution in [3.8, 4) is 0 Å². The van der Waals surface area contributed by atoms with Crippen molar-refractivity contribution in [1.82, 2.24) is 15.2 Å². The van der Waals surface area contributed by atoms with E-state index in [-0.39, 0.29) is 11.4 Å². The van der Waals surface area contributed by atoms with Gasteiger partial charge in [0.15, 0.2) is 0 Å². The van der Waals surface area contributed by atoms with Crippen LogP contribution in [0, 0.1) is 0 Å². The zero-order valence-electron chi connectivity index (χ0n) is 10.6. The Morgan fingerprint density at radius 2 is 2.12 bits per heavy atom. The molecule has 1 heterocycles. The molecule has 0 unspecified atom stereocenters. The third-order valence-electron chi connectivity index (χ3n) is 2.86. The fraction of sp³-hybridized carbons (Fsp3) is 0.500. The maximum absolute atomic E-state index is 11.9. The molecule has 17 heavy (non-hydrogen) atoms. The van der Waals surface area contributed by atoms with Gasteiger partial charge < -0.3 is 10.2 Å². The summed E-state index contributed by atoms with van der Waals surface area (Å²) in [6.45, 7) is 4.74. The van der Waals surface area contributed by atoms with Gasteiger partial charge in [-0.25, -0.2) is 0 Å². The lowest BCUT2D eigenvalue weighted by molar-refractivity contribution is 0.0919. The van der Waals surface area contributed by atoms with Gasteiger partial charge in [0, 0.05) is 29.0 Å². The molecule has 0 aromatic carbocycles. The zero-order valence-corrected chi connectivity index (χ0v) is 12.2. The average molecular weight is 300 g/mol. The van der Waals surface area contributed by atoms with Gasteiger partial charge >= 0.3 is 0 Å². The van der Waals surface area contributed by atoms with Crippen LogP contribution in [-0.2, 0) is 0 Å². The fourth-order valence-corrected chi connectivity index (χ4v) is 1.46. The van der Waals surface area contributed by atoms with Crippen molar-refractivity contribution in [1.29, 1.82) is 0 Å². The summed E-state index contributed by atoms with van der Waals surface area (Å²) in [7, 11) is 3.99. The molecule has 0 fully saturated rings. The molecule has 0 saturated heterocycles. The van der Waals surface area contributed by atoms with E-state index >= 15 is 0 Å². The topological polar surface area (TPSA) is 45.2 Å². The Labute approximate surface area is 111 Å². The summed E-state index contributed by atoms with van der Waals surface area (Å²) in [5.41, 5.74) is 0.490. The lowest BCUT2D eigenvalue weighted by Gasteiger charge is -2.32. The molecule has 0 aliphatic carbocycles. The van der Waals surface area contributed by atoms with E-state index in [0.29, 0.717) is 12.1 Å². The minimum Gasteiger partial charge on any atom is -0.350 e. The Balaban J connectivity index is 2.62. The molecule has 1 N–H and O–H groups in total. The summed E-state index contributed by atoms with van der Waals surface area (Å²) in [4.78, 5) is 17.9. The van der Waals surface area contributed by atoms with E-state index in [4.69, 9.17) is 0 Å². The highest BCUT2D eigenvalue weighted by atomic mass is 79.9. The first-order valence-electron chi connectivity index (χ1n) is 5.39. The Morgan fingerprint density at radius 1 is 1.47 bits per heavy atom. The Hall–Kier alpha value is -0.940. The average Bonchev–Trinajstić information content (AvgIpc) is 2.25. The number of hydrogen-bond donors (Lipinski definition) is 1. The summed E-state index contributed by atoms with van der Waals surface area (Å²) >= 11 is 3.29. The number of pyridine rings is 1. The predicted molar refractivity (Wildman–Crippen MR) is 72.0 cm³/mol. The van der Waals surface area contributed by atoms with Gasteiger partial charge in [-0.1, -0.05) is 0 Å². The normalized spacial score (nSPS) is 11.6. The van der Waals surface area contributed by atoms with E-state index in [9.17, 15) is 4.79 Å². The number of amides is 1. The van der Waals surface area contributed by atoms with E-state index in [1.807, 2.05) is 14.1 Å². The second-order valence-electron chi connectivity index (χ2n) is 4.78. The fourth-order valence-electron chi connectivity index (χ4n) is 1.09. The Morgan fingerprint density at radius 3 is 2.65 bits per heavy atom. The van der Waals surface area contributed by atoms with Crippen LogP contribution < -0.4 is 5.32 Å². The number of carbonyl (C=O) groups excluding carboxylic acids is 1. The number of carbonyl (C=O) groups is 1. The molecule has 0 spiro atoms. The minimum absolute atomic E-state index is 0.0743. The van der Waals surface area contributed by atoms with Crippen molar-refractivity contribution in [3.05, 3.63) is 28.5 Å². The molecule has 1 aromatic heterocycles. The molecule has 0 saturated carbocycles. The SMILES string of the molecule is CN(C)C(C)(C)CNC(=O)c1cncc(Br)c1. The van der Waals surface area contributed by atoms with Gasteiger partial charge in [-0.2, -0.15) is 0 Å². The van der Waals surface area contributed by atoms with E-state index in [1.165, 1.54) is 0 Å². The number of rotatable bonds is 4. The first-order valence-corrected chi connectivity index (χ1v) is 6.18. The van der Waals surface area contributed by atoms with Crippen molar-refractivity contribution in [2.24, 2.45) is 0 Å². The van der Waals surface area contributed by atoms with Gasteiger partial charge in [0.1, 0.15) is 0 Å². The van der Waals surface area contributed by atoms with Gasteiger partial charge in [-0.15, -0.1) is 0 Å². The summed E-state index contributed by atoms with van der Waals surface area (Å²) in [6, 6.07) is 1.75. The molecule has 0 atom stereocenters. The van der Waals surface area contributed by atoms with Gasteiger partial charge in [0.05, 0.1) is 5.56 Å². The van der Waals surface area contributed by atoms with Crippen molar-refractivity contribution in [3.63, 3.8) is 0 Å². The molecule has 0 aliphatic heterocycles. The number of nitrogens with one attached hydrogen (secondary N) is 1. The van der Waals surface area contributed by atoms with Crippen LogP contribution in [0.1, 0.15) is 24.2 Å². The molecule has 0 aliphatic rings. The number of halogens is 1. The number of aromatic nitrogens is 1. The highest BCUT2D eigenvalue weighted by Crippen LogP contribution is 2.11. The number of nitrogens with zero attached hydrogens (tertiary/aromatic N) is 2. The standard InChI is InChI=1S/C12H18BrN3O/c1-12(2,16(3)4)8-15-11(17)9-5-10(13)7-14-6-9/h5-7H,8H2,1-4H3,(H,15,17). The van der Waals surface area contributed by atoms with Crippen LogP contribution >= 0.6 is 15.9 Å². The Kier molecular flexibility index (Phi) is 4.65. The quantitative estimate of drug-likeness (QED) is 0.924. The third kappa shape index (κ3) is 4.09. The highest BCUT2D eigenvalue weighted by Gasteiger charge is 2.21.